The van der Waals surface area contributed by atoms with Crippen molar-refractivity contribution in [2.24, 2.45) is 17.8 Å². The highest BCUT2D eigenvalue weighted by atomic mass is 35.5. The molecule has 4 heterocycles. The van der Waals surface area contributed by atoms with Gasteiger partial charge in [0, 0.05) is 34.2 Å². The summed E-state index contributed by atoms with van der Waals surface area (Å²) in [5.74, 6) is -2.19. The molecule has 4 aliphatic heterocycles. The van der Waals surface area contributed by atoms with Crippen LogP contribution >= 0.6 is 23.4 Å². The van der Waals surface area contributed by atoms with Crippen LogP contribution in [0, 0.1) is 17.8 Å². The van der Waals surface area contributed by atoms with Crippen LogP contribution in [0.1, 0.15) is 20.8 Å². The van der Waals surface area contributed by atoms with Gasteiger partial charge in [0.2, 0.25) is 11.8 Å². The molecule has 3 amide bonds. The van der Waals surface area contributed by atoms with Crippen LogP contribution in [0.2, 0.25) is 5.02 Å². The van der Waals surface area contributed by atoms with Gasteiger partial charge in [-0.05, 0) is 49.2 Å². The highest BCUT2D eigenvalue weighted by Crippen LogP contribution is 2.66. The lowest BCUT2D eigenvalue weighted by molar-refractivity contribution is -0.143. The van der Waals surface area contributed by atoms with E-state index in [4.69, 9.17) is 11.6 Å². The number of halogens is 1. The smallest absolute Gasteiger partial charge is 0.251 e. The van der Waals surface area contributed by atoms with Crippen LogP contribution < -0.4 is 9.80 Å². The molecule has 1 spiro atoms. The predicted molar refractivity (Wildman–Crippen MR) is 163 cm³/mol. The lowest BCUT2D eigenvalue weighted by Crippen LogP contribution is -2.58. The Balaban J connectivity index is 1.51. The van der Waals surface area contributed by atoms with E-state index in [9.17, 15) is 19.5 Å². The molecule has 41 heavy (non-hydrogen) atoms. The SMILES string of the molecule is CC(C)[C@H](CO)N1C(=O)[C@@H]2[C@H]3C(=O)N(c4ccccc4)CC=C[C@@]3(C)S[C@@]23C=CCN(c2ccc(Cl)cc2)C(=O)C13. The Labute approximate surface area is 249 Å². The summed E-state index contributed by atoms with van der Waals surface area (Å²) in [5, 5.41) is 11.1. The standard InChI is InChI=1S/C32H34ClN3O4S/c1-20(2)24(19-37)36-27-30(40)35(23-13-11-21(33)12-14-23)18-8-16-32(27)26(29(36)39)25-28(38)34(22-9-5-4-6-10-22)17-7-15-31(25,3)41-32/h4-16,20,24-27,37H,17-19H2,1-3H3/t24-,25-,26-,27?,31+,32-/m0/s1. The fourth-order valence-electron chi connectivity index (χ4n) is 7.13. The van der Waals surface area contributed by atoms with Crippen LogP contribution in [-0.2, 0) is 14.4 Å². The Hall–Kier alpha value is -3.07. The molecule has 4 aliphatic rings. The first-order valence-electron chi connectivity index (χ1n) is 14.0. The maximum Gasteiger partial charge on any atom is 0.251 e. The summed E-state index contributed by atoms with van der Waals surface area (Å²) in [6.45, 7) is 6.34. The first kappa shape index (κ1) is 28.1. The largest absolute Gasteiger partial charge is 0.394 e. The first-order chi connectivity index (χ1) is 19.6. The molecule has 2 saturated heterocycles. The molecular formula is C32H34ClN3O4S. The molecule has 9 heteroatoms. The van der Waals surface area contributed by atoms with E-state index in [-0.39, 0.29) is 30.2 Å². The van der Waals surface area contributed by atoms with E-state index in [1.165, 1.54) is 0 Å². The lowest BCUT2D eigenvalue weighted by Gasteiger charge is -2.41. The molecule has 1 unspecified atom stereocenters. The molecule has 2 fully saturated rings. The maximum atomic E-state index is 14.7. The number of para-hydroxylation sites is 1. The van der Waals surface area contributed by atoms with Crippen molar-refractivity contribution in [3.8, 4) is 0 Å². The predicted octanol–water partition coefficient (Wildman–Crippen LogP) is 4.55. The van der Waals surface area contributed by atoms with Gasteiger partial charge < -0.3 is 19.8 Å². The minimum atomic E-state index is -0.989. The number of nitrogens with zero attached hydrogens (tertiary/aromatic N) is 3. The lowest BCUT2D eigenvalue weighted by atomic mass is 9.74. The van der Waals surface area contributed by atoms with Gasteiger partial charge in [-0.3, -0.25) is 14.4 Å². The number of anilines is 2. The van der Waals surface area contributed by atoms with Gasteiger partial charge in [0.1, 0.15) is 6.04 Å². The van der Waals surface area contributed by atoms with Gasteiger partial charge in [-0.2, -0.15) is 0 Å². The minimum Gasteiger partial charge on any atom is -0.394 e. The number of fused-ring (bicyclic) bond motifs is 2. The quantitative estimate of drug-likeness (QED) is 0.516. The number of carbonyl (C=O) groups excluding carboxylic acids is 3. The Kier molecular flexibility index (Phi) is 7.07. The van der Waals surface area contributed by atoms with E-state index in [1.807, 2.05) is 69.3 Å². The molecule has 1 N–H and O–H groups in total. The number of benzene rings is 2. The zero-order valence-electron chi connectivity index (χ0n) is 23.3. The summed E-state index contributed by atoms with van der Waals surface area (Å²) in [6.07, 6.45) is 8.00. The van der Waals surface area contributed by atoms with Crippen molar-refractivity contribution in [3.63, 3.8) is 0 Å². The molecule has 0 aromatic heterocycles. The number of aliphatic hydroxyl groups excluding tert-OH is 1. The Morgan fingerprint density at radius 3 is 2.12 bits per heavy atom. The summed E-state index contributed by atoms with van der Waals surface area (Å²) >= 11 is 7.69. The molecule has 0 radical (unpaired) electrons. The van der Waals surface area contributed by atoms with Gasteiger partial charge in [-0.1, -0.05) is 68.0 Å². The third kappa shape index (κ3) is 4.25. The Morgan fingerprint density at radius 2 is 1.49 bits per heavy atom. The molecule has 2 aromatic rings. The second-order valence-electron chi connectivity index (χ2n) is 11.8. The molecular weight excluding hydrogens is 558 g/mol. The molecule has 7 nitrogen and oxygen atoms in total. The Morgan fingerprint density at radius 1 is 0.878 bits per heavy atom. The van der Waals surface area contributed by atoms with E-state index in [1.54, 1.807) is 50.7 Å². The summed E-state index contributed by atoms with van der Waals surface area (Å²) in [7, 11) is 0. The molecule has 0 bridgehead atoms. The van der Waals surface area contributed by atoms with E-state index < -0.39 is 33.4 Å². The zero-order chi connectivity index (χ0) is 29.1. The van der Waals surface area contributed by atoms with Crippen molar-refractivity contribution >= 4 is 52.5 Å². The van der Waals surface area contributed by atoms with Crippen LogP contribution in [0.25, 0.3) is 0 Å². The van der Waals surface area contributed by atoms with Crippen molar-refractivity contribution in [2.75, 3.05) is 29.5 Å². The van der Waals surface area contributed by atoms with Gasteiger partial charge >= 0.3 is 0 Å². The molecule has 0 aliphatic carbocycles. The summed E-state index contributed by atoms with van der Waals surface area (Å²) in [5.41, 5.74) is 1.45. The van der Waals surface area contributed by atoms with Crippen LogP contribution in [-0.4, -0.2) is 69.0 Å². The fourth-order valence-corrected chi connectivity index (χ4v) is 9.40. The van der Waals surface area contributed by atoms with Crippen LogP contribution in [0.3, 0.4) is 0 Å². The average Bonchev–Trinajstić information content (AvgIpc) is 3.21. The molecule has 214 valence electrons. The third-order valence-electron chi connectivity index (χ3n) is 9.01. The van der Waals surface area contributed by atoms with E-state index in [0.29, 0.717) is 23.8 Å². The second kappa shape index (κ2) is 10.3. The number of aliphatic hydroxyl groups is 1. The van der Waals surface area contributed by atoms with Gasteiger partial charge in [-0.25, -0.2) is 0 Å². The van der Waals surface area contributed by atoms with Crippen LogP contribution in [0.4, 0.5) is 11.4 Å². The van der Waals surface area contributed by atoms with Gasteiger partial charge in [0.15, 0.2) is 0 Å². The normalized spacial score (nSPS) is 31.7. The number of amides is 3. The van der Waals surface area contributed by atoms with Crippen molar-refractivity contribution in [2.45, 2.75) is 42.3 Å². The average molecular weight is 592 g/mol. The monoisotopic (exact) mass is 591 g/mol. The second-order valence-corrected chi connectivity index (χ2v) is 14.0. The fraction of sp³-hybridized carbons (Fsp3) is 0.406. The van der Waals surface area contributed by atoms with Gasteiger partial charge in [0.25, 0.3) is 5.91 Å². The highest BCUT2D eigenvalue weighted by molar-refractivity contribution is 8.02. The zero-order valence-corrected chi connectivity index (χ0v) is 24.9. The molecule has 0 saturated carbocycles. The van der Waals surface area contributed by atoms with Crippen molar-refractivity contribution < 1.29 is 19.5 Å². The van der Waals surface area contributed by atoms with E-state index in [2.05, 4.69) is 6.08 Å². The van der Waals surface area contributed by atoms with Gasteiger partial charge in [0.05, 0.1) is 29.2 Å². The number of hydrogen-bond acceptors (Lipinski definition) is 5. The molecule has 6 atom stereocenters. The maximum absolute atomic E-state index is 14.7. The Bertz CT molecular complexity index is 1430. The van der Waals surface area contributed by atoms with Gasteiger partial charge in [-0.15, -0.1) is 11.8 Å². The minimum absolute atomic E-state index is 0.106. The number of rotatable bonds is 5. The topological polar surface area (TPSA) is 81.2 Å². The highest BCUT2D eigenvalue weighted by Gasteiger charge is 2.74. The summed E-state index contributed by atoms with van der Waals surface area (Å²) < 4.78 is -1.70. The number of hydrogen-bond donors (Lipinski definition) is 1. The van der Waals surface area contributed by atoms with Crippen molar-refractivity contribution in [3.05, 3.63) is 83.9 Å². The van der Waals surface area contributed by atoms with Crippen molar-refractivity contribution in [1.82, 2.24) is 4.90 Å². The van der Waals surface area contributed by atoms with E-state index in [0.717, 1.165) is 5.69 Å². The number of thioether (sulfide) groups is 1. The number of carbonyl (C=O) groups is 3. The molecule has 6 rings (SSSR count). The first-order valence-corrected chi connectivity index (χ1v) is 15.2. The van der Waals surface area contributed by atoms with Crippen LogP contribution in [0.15, 0.2) is 78.9 Å². The van der Waals surface area contributed by atoms with Crippen molar-refractivity contribution in [1.29, 1.82) is 0 Å². The third-order valence-corrected chi connectivity index (χ3v) is 11.1. The molecule has 2 aromatic carbocycles. The van der Waals surface area contributed by atoms with Crippen LogP contribution in [0.5, 0.6) is 0 Å². The number of likely N-dealkylation sites (tertiary alicyclic amines) is 1. The van der Waals surface area contributed by atoms with E-state index >= 15 is 0 Å². The summed E-state index contributed by atoms with van der Waals surface area (Å²) in [6, 6.07) is 15.1. The summed E-state index contributed by atoms with van der Waals surface area (Å²) in [4.78, 5) is 48.8.